The first kappa shape index (κ1) is 27.6. The molecule has 222 valence electrons. The molecule has 7 aromatic carbocycles. The van der Waals surface area contributed by atoms with E-state index < -0.39 is 0 Å². The van der Waals surface area contributed by atoms with Gasteiger partial charge in [-0.2, -0.15) is 0 Å². The van der Waals surface area contributed by atoms with Crippen LogP contribution in [0, 0.1) is 0 Å². The molecule has 0 saturated heterocycles. The lowest BCUT2D eigenvalue weighted by molar-refractivity contribution is 1.14. The number of fused-ring (bicyclic) bond motifs is 5. The summed E-state index contributed by atoms with van der Waals surface area (Å²) in [7, 11) is 0. The van der Waals surface area contributed by atoms with Gasteiger partial charge in [-0.3, -0.25) is 0 Å². The van der Waals surface area contributed by atoms with E-state index in [0.29, 0.717) is 5.82 Å². The molecule has 0 aliphatic carbocycles. The molecule has 0 bridgehead atoms. The first-order valence-electron chi connectivity index (χ1n) is 15.9. The maximum absolute atomic E-state index is 5.18. The van der Waals surface area contributed by atoms with E-state index in [4.69, 9.17) is 9.97 Å². The van der Waals surface area contributed by atoms with E-state index in [9.17, 15) is 0 Å². The summed E-state index contributed by atoms with van der Waals surface area (Å²) < 4.78 is 0. The van der Waals surface area contributed by atoms with Crippen molar-refractivity contribution in [1.82, 2.24) is 9.97 Å². The van der Waals surface area contributed by atoms with Crippen molar-refractivity contribution in [2.24, 2.45) is 0 Å². The molecule has 0 spiro atoms. The molecule has 0 saturated carbocycles. The number of nitrogens with zero attached hydrogens (tertiary/aromatic N) is 2. The molecule has 3 nitrogen and oxygen atoms in total. The first-order valence-corrected chi connectivity index (χ1v) is 16.7. The van der Waals surface area contributed by atoms with Gasteiger partial charge in [-0.1, -0.05) is 151 Å². The average molecular weight is 620 g/mol. The Labute approximate surface area is 278 Å². The van der Waals surface area contributed by atoms with Crippen LogP contribution in [-0.2, 0) is 0 Å². The highest BCUT2D eigenvalue weighted by atomic mass is 32.2. The number of benzene rings is 7. The van der Waals surface area contributed by atoms with Gasteiger partial charge in [-0.15, -0.1) is 0 Å². The number of hydrogen-bond donors (Lipinski definition) is 1. The maximum atomic E-state index is 5.18. The van der Waals surface area contributed by atoms with Crippen LogP contribution in [0.4, 0.5) is 5.69 Å². The van der Waals surface area contributed by atoms with Crippen LogP contribution >= 0.6 is 11.8 Å². The van der Waals surface area contributed by atoms with Gasteiger partial charge < -0.3 is 5.32 Å². The predicted octanol–water partition coefficient (Wildman–Crippen LogP) is 11.7. The highest BCUT2D eigenvalue weighted by Crippen LogP contribution is 2.50. The molecule has 0 amide bonds. The molecular formula is C43H29N3S. The first-order chi connectivity index (χ1) is 23.3. The summed E-state index contributed by atoms with van der Waals surface area (Å²) in [5, 5.41) is 8.91. The smallest absolute Gasteiger partial charge is 0.160 e. The van der Waals surface area contributed by atoms with Crippen molar-refractivity contribution in [3.8, 4) is 45.0 Å². The minimum atomic E-state index is 0.194. The number of rotatable bonds is 5. The molecule has 0 fully saturated rings. The van der Waals surface area contributed by atoms with Gasteiger partial charge in [-0.05, 0) is 57.1 Å². The molecule has 1 unspecified atom stereocenters. The molecule has 47 heavy (non-hydrogen) atoms. The van der Waals surface area contributed by atoms with Gasteiger partial charge in [0.05, 0.1) is 17.1 Å². The highest BCUT2D eigenvalue weighted by molar-refractivity contribution is 8.00. The molecule has 1 N–H and O–H groups in total. The van der Waals surface area contributed by atoms with E-state index in [1.165, 1.54) is 43.3 Å². The molecule has 8 aromatic rings. The zero-order chi connectivity index (χ0) is 31.2. The quantitative estimate of drug-likeness (QED) is 0.195. The molecule has 1 atom stereocenters. The molecule has 1 aliphatic rings. The second kappa shape index (κ2) is 11.6. The normalized spacial score (nSPS) is 13.8. The van der Waals surface area contributed by atoms with Crippen LogP contribution < -0.4 is 5.32 Å². The molecule has 1 aliphatic heterocycles. The number of nitrogens with one attached hydrogen (secondary N) is 1. The monoisotopic (exact) mass is 619 g/mol. The zero-order valence-electron chi connectivity index (χ0n) is 25.5. The van der Waals surface area contributed by atoms with E-state index in [2.05, 4.69) is 157 Å². The topological polar surface area (TPSA) is 37.8 Å². The average Bonchev–Trinajstić information content (AvgIpc) is 3.60. The summed E-state index contributed by atoms with van der Waals surface area (Å²) in [5.41, 5.74) is 9.76. The summed E-state index contributed by atoms with van der Waals surface area (Å²) >= 11 is 1.88. The second-order valence-electron chi connectivity index (χ2n) is 11.9. The van der Waals surface area contributed by atoms with Gasteiger partial charge in [0.15, 0.2) is 5.82 Å². The largest absolute Gasteiger partial charge is 0.368 e. The molecule has 9 rings (SSSR count). The van der Waals surface area contributed by atoms with Crippen LogP contribution in [0.1, 0.15) is 10.9 Å². The van der Waals surface area contributed by atoms with E-state index in [0.717, 1.165) is 33.6 Å². The van der Waals surface area contributed by atoms with Crippen LogP contribution in [0.2, 0.25) is 0 Å². The highest BCUT2D eigenvalue weighted by Gasteiger charge is 2.25. The summed E-state index contributed by atoms with van der Waals surface area (Å²) in [6.45, 7) is 0. The van der Waals surface area contributed by atoms with Gasteiger partial charge in [0, 0.05) is 27.0 Å². The van der Waals surface area contributed by atoms with Gasteiger partial charge >= 0.3 is 0 Å². The van der Waals surface area contributed by atoms with Crippen molar-refractivity contribution in [2.45, 2.75) is 10.3 Å². The standard InChI is InChI=1S/C43H29N3S/c1-4-11-28(12-5-1)32-17-10-18-34(25-32)38-27-37(29-13-6-2-7-14-29)44-42(45-38)35-21-23-36-33(26-35)20-19-30-22-24-39-41(40(30)36)46-43(47-39)31-15-8-3-9-16-31/h1-27,43,46H. The van der Waals surface area contributed by atoms with Gasteiger partial charge in [0.25, 0.3) is 0 Å². The summed E-state index contributed by atoms with van der Waals surface area (Å²) in [6, 6.07) is 57.8. The predicted molar refractivity (Wildman–Crippen MR) is 197 cm³/mol. The van der Waals surface area contributed by atoms with Crippen LogP contribution in [-0.4, -0.2) is 9.97 Å². The van der Waals surface area contributed by atoms with Crippen molar-refractivity contribution in [3.05, 3.63) is 169 Å². The minimum Gasteiger partial charge on any atom is -0.368 e. The van der Waals surface area contributed by atoms with Gasteiger partial charge in [0.1, 0.15) is 5.37 Å². The van der Waals surface area contributed by atoms with Crippen LogP contribution in [0.3, 0.4) is 0 Å². The molecule has 4 heteroatoms. The lowest BCUT2D eigenvalue weighted by Gasteiger charge is -2.13. The maximum Gasteiger partial charge on any atom is 0.160 e. The van der Waals surface area contributed by atoms with Crippen molar-refractivity contribution in [1.29, 1.82) is 0 Å². The van der Waals surface area contributed by atoms with E-state index in [1.807, 2.05) is 23.9 Å². The third-order valence-corrected chi connectivity index (χ3v) is 10.1. The number of aromatic nitrogens is 2. The molecule has 1 aromatic heterocycles. The second-order valence-corrected chi connectivity index (χ2v) is 13.0. The van der Waals surface area contributed by atoms with Crippen molar-refractivity contribution in [3.63, 3.8) is 0 Å². The Kier molecular flexibility index (Phi) is 6.80. The van der Waals surface area contributed by atoms with Gasteiger partial charge in [0.2, 0.25) is 0 Å². The number of hydrogen-bond acceptors (Lipinski definition) is 4. The van der Waals surface area contributed by atoms with E-state index in [1.54, 1.807) is 0 Å². The number of thioether (sulfide) groups is 1. The van der Waals surface area contributed by atoms with E-state index in [-0.39, 0.29) is 5.37 Å². The van der Waals surface area contributed by atoms with Crippen LogP contribution in [0.15, 0.2) is 169 Å². The molecule has 2 heterocycles. The van der Waals surface area contributed by atoms with Crippen LogP contribution in [0.5, 0.6) is 0 Å². The van der Waals surface area contributed by atoms with Crippen molar-refractivity contribution < 1.29 is 0 Å². The molecule has 0 radical (unpaired) electrons. The third kappa shape index (κ3) is 5.13. The Bertz CT molecular complexity index is 2410. The number of anilines is 1. The van der Waals surface area contributed by atoms with E-state index >= 15 is 0 Å². The lowest BCUT2D eigenvalue weighted by atomic mass is 9.98. The Morgan fingerprint density at radius 2 is 1.11 bits per heavy atom. The van der Waals surface area contributed by atoms with Crippen molar-refractivity contribution >= 4 is 39.0 Å². The minimum absolute atomic E-state index is 0.194. The summed E-state index contributed by atoms with van der Waals surface area (Å²) in [6.07, 6.45) is 0. The summed E-state index contributed by atoms with van der Waals surface area (Å²) in [4.78, 5) is 11.6. The fourth-order valence-electron chi connectivity index (χ4n) is 6.55. The third-order valence-electron chi connectivity index (χ3n) is 8.90. The Hall–Kier alpha value is -5.71. The Morgan fingerprint density at radius 3 is 1.89 bits per heavy atom. The fourth-order valence-corrected chi connectivity index (χ4v) is 7.70. The SMILES string of the molecule is c1ccc(-c2cccc(-c3cc(-c4ccccc4)nc(-c4ccc5c(ccc6ccc7c(c65)NC(c5ccccc5)S7)c4)n3)c2)cc1. The van der Waals surface area contributed by atoms with Crippen LogP contribution in [0.25, 0.3) is 66.6 Å². The molecular weight excluding hydrogens is 591 g/mol. The fraction of sp³-hybridized carbons (Fsp3) is 0.0233. The van der Waals surface area contributed by atoms with Crippen molar-refractivity contribution in [2.75, 3.05) is 5.32 Å². The Morgan fingerprint density at radius 1 is 0.468 bits per heavy atom. The van der Waals surface area contributed by atoms with Gasteiger partial charge in [-0.25, -0.2) is 9.97 Å². The summed E-state index contributed by atoms with van der Waals surface area (Å²) in [5.74, 6) is 0.713. The lowest BCUT2D eigenvalue weighted by Crippen LogP contribution is -2.01. The zero-order valence-corrected chi connectivity index (χ0v) is 26.3. The Balaban J connectivity index is 1.16.